The Morgan fingerprint density at radius 1 is 1.50 bits per heavy atom. The zero-order valence-electron chi connectivity index (χ0n) is 7.60. The van der Waals surface area contributed by atoms with Crippen LogP contribution in [0.2, 0.25) is 0 Å². The zero-order chi connectivity index (χ0) is 9.97. The number of para-hydroxylation sites is 2. The summed E-state index contributed by atoms with van der Waals surface area (Å²) < 4.78 is 0. The molecule has 14 heavy (non-hydrogen) atoms. The van der Waals surface area contributed by atoms with Crippen LogP contribution in [0.15, 0.2) is 24.3 Å². The van der Waals surface area contributed by atoms with Gasteiger partial charge in [0.25, 0.3) is 0 Å². The quantitative estimate of drug-likeness (QED) is 0.583. The molecule has 0 fully saturated rings. The monoisotopic (exact) mass is 191 g/mol. The first-order valence-corrected chi connectivity index (χ1v) is 4.08. The summed E-state index contributed by atoms with van der Waals surface area (Å²) in [5.74, 6) is 0.378. The van der Waals surface area contributed by atoms with Gasteiger partial charge in [0.1, 0.15) is 0 Å². The maximum absolute atomic E-state index is 10.6. The predicted octanol–water partition coefficient (Wildman–Crippen LogP) is 1.09. The Bertz CT molecular complexity index is 419. The number of hydroxylamine groups is 1. The molecule has 5 nitrogen and oxygen atoms in total. The van der Waals surface area contributed by atoms with Crippen molar-refractivity contribution in [1.29, 1.82) is 0 Å². The molecule has 0 aliphatic heterocycles. The Morgan fingerprint density at radius 2 is 2.29 bits per heavy atom. The summed E-state index contributed by atoms with van der Waals surface area (Å²) >= 11 is 0. The van der Waals surface area contributed by atoms with E-state index in [1.54, 1.807) is 0 Å². The molecule has 5 heteroatoms. The highest BCUT2D eigenvalue weighted by Crippen LogP contribution is 2.15. The molecule has 72 valence electrons. The summed E-state index contributed by atoms with van der Waals surface area (Å²) in [5, 5.41) is 1.03. The van der Waals surface area contributed by atoms with E-state index in [0.717, 1.165) is 16.1 Å². The fourth-order valence-corrected chi connectivity index (χ4v) is 1.22. The number of aromatic amines is 1. The number of benzene rings is 1. The number of carbonyl (C=O) groups excluding carboxylic acids is 1. The Labute approximate surface area is 80.3 Å². The van der Waals surface area contributed by atoms with Crippen molar-refractivity contribution in [2.45, 2.75) is 0 Å². The molecule has 0 saturated heterocycles. The van der Waals surface area contributed by atoms with Gasteiger partial charge in [0.2, 0.25) is 12.4 Å². The number of hydrogen-bond donors (Lipinski definition) is 1. The molecule has 0 spiro atoms. The van der Waals surface area contributed by atoms with Crippen molar-refractivity contribution in [2.24, 2.45) is 0 Å². The summed E-state index contributed by atoms with van der Waals surface area (Å²) in [6.07, 6.45) is 0.553. The fourth-order valence-electron chi connectivity index (χ4n) is 1.22. The van der Waals surface area contributed by atoms with Crippen molar-refractivity contribution in [1.82, 2.24) is 9.97 Å². The number of H-pyrrole nitrogens is 1. The Hall–Kier alpha value is -1.88. The van der Waals surface area contributed by atoms with Crippen LogP contribution in [0.3, 0.4) is 0 Å². The number of nitrogens with one attached hydrogen (secondary N) is 1. The van der Waals surface area contributed by atoms with E-state index in [2.05, 4.69) is 9.97 Å². The number of fused-ring (bicyclic) bond motifs is 1. The van der Waals surface area contributed by atoms with Crippen LogP contribution in [0, 0.1) is 0 Å². The fraction of sp³-hybridized carbons (Fsp3) is 0.111. The Kier molecular flexibility index (Phi) is 2.16. The van der Waals surface area contributed by atoms with E-state index >= 15 is 0 Å². The molecular weight excluding hydrogens is 182 g/mol. The van der Waals surface area contributed by atoms with Crippen molar-refractivity contribution in [3.63, 3.8) is 0 Å². The van der Waals surface area contributed by atoms with E-state index in [-0.39, 0.29) is 0 Å². The topological polar surface area (TPSA) is 58.2 Å². The van der Waals surface area contributed by atoms with Gasteiger partial charge in [0, 0.05) is 0 Å². The molecule has 1 amide bonds. The third kappa shape index (κ3) is 1.33. The number of aromatic nitrogens is 2. The van der Waals surface area contributed by atoms with Gasteiger partial charge in [0.15, 0.2) is 0 Å². The molecule has 1 aromatic carbocycles. The highest BCUT2D eigenvalue weighted by Gasteiger charge is 2.08. The molecule has 1 heterocycles. The molecule has 0 unspecified atom stereocenters. The first kappa shape index (κ1) is 8.71. The molecule has 1 aromatic heterocycles. The summed E-state index contributed by atoms with van der Waals surface area (Å²) in [5.41, 5.74) is 1.66. The Morgan fingerprint density at radius 3 is 2.93 bits per heavy atom. The highest BCUT2D eigenvalue weighted by molar-refractivity contribution is 5.80. The number of nitrogens with zero attached hydrogens (tertiary/aromatic N) is 2. The highest BCUT2D eigenvalue weighted by atomic mass is 16.7. The molecule has 0 saturated carbocycles. The Balaban J connectivity index is 2.48. The lowest BCUT2D eigenvalue weighted by molar-refractivity contribution is -0.113. The van der Waals surface area contributed by atoms with Crippen LogP contribution in [0.1, 0.15) is 0 Å². The van der Waals surface area contributed by atoms with Crippen LogP contribution in [-0.4, -0.2) is 23.5 Å². The van der Waals surface area contributed by atoms with Crippen molar-refractivity contribution in [3.8, 4) is 0 Å². The third-order valence-corrected chi connectivity index (χ3v) is 1.88. The lowest BCUT2D eigenvalue weighted by atomic mass is 10.3. The first-order chi connectivity index (χ1) is 6.85. The van der Waals surface area contributed by atoms with Gasteiger partial charge < -0.3 is 4.98 Å². The number of amides is 1. The van der Waals surface area contributed by atoms with Crippen molar-refractivity contribution in [2.75, 3.05) is 12.2 Å². The first-order valence-electron chi connectivity index (χ1n) is 4.08. The van der Waals surface area contributed by atoms with Gasteiger partial charge in [-0.15, -0.1) is 0 Å². The lowest BCUT2D eigenvalue weighted by Crippen LogP contribution is -2.20. The van der Waals surface area contributed by atoms with Crippen LogP contribution in [0.5, 0.6) is 0 Å². The molecule has 0 aliphatic carbocycles. The summed E-state index contributed by atoms with van der Waals surface area (Å²) in [6, 6.07) is 7.51. The molecule has 0 atom stereocenters. The number of imidazole rings is 1. The molecule has 0 aliphatic rings. The molecule has 1 N–H and O–H groups in total. The van der Waals surface area contributed by atoms with Gasteiger partial charge in [0.05, 0.1) is 18.1 Å². The van der Waals surface area contributed by atoms with Crippen LogP contribution in [-0.2, 0) is 9.63 Å². The van der Waals surface area contributed by atoms with Gasteiger partial charge in [-0.2, -0.15) is 5.06 Å². The van der Waals surface area contributed by atoms with Gasteiger partial charge in [-0.1, -0.05) is 12.1 Å². The second-order valence-electron chi connectivity index (χ2n) is 2.69. The maximum Gasteiger partial charge on any atom is 0.240 e. The summed E-state index contributed by atoms with van der Waals surface area (Å²) in [4.78, 5) is 22.5. The lowest BCUT2D eigenvalue weighted by Gasteiger charge is -2.08. The number of rotatable bonds is 3. The van der Waals surface area contributed by atoms with E-state index in [1.807, 2.05) is 24.3 Å². The van der Waals surface area contributed by atoms with Gasteiger partial charge in [-0.05, 0) is 12.1 Å². The number of carbonyl (C=O) groups is 1. The van der Waals surface area contributed by atoms with Gasteiger partial charge in [-0.25, -0.2) is 4.98 Å². The van der Waals surface area contributed by atoms with Crippen LogP contribution in [0.4, 0.5) is 5.95 Å². The van der Waals surface area contributed by atoms with Gasteiger partial charge >= 0.3 is 0 Å². The van der Waals surface area contributed by atoms with Crippen molar-refractivity contribution < 1.29 is 9.63 Å². The molecule has 2 aromatic rings. The van der Waals surface area contributed by atoms with Gasteiger partial charge in [-0.3, -0.25) is 9.63 Å². The zero-order valence-corrected chi connectivity index (χ0v) is 7.60. The average molecular weight is 191 g/mol. The minimum Gasteiger partial charge on any atom is -0.322 e. The molecule has 0 radical (unpaired) electrons. The number of hydrogen-bond acceptors (Lipinski definition) is 3. The summed E-state index contributed by atoms with van der Waals surface area (Å²) in [6.45, 7) is 0. The number of anilines is 1. The van der Waals surface area contributed by atoms with E-state index < -0.39 is 0 Å². The van der Waals surface area contributed by atoms with Crippen molar-refractivity contribution >= 4 is 23.4 Å². The second kappa shape index (κ2) is 3.47. The minimum atomic E-state index is 0.378. The second-order valence-corrected chi connectivity index (χ2v) is 2.69. The smallest absolute Gasteiger partial charge is 0.240 e. The standard InChI is InChI=1S/C9H9N3O2/c1-14-12(6-13)9-10-7-4-2-3-5-8(7)11-9/h2-6H,1H3,(H,10,11). The molecular formula is C9H9N3O2. The average Bonchev–Trinajstić information content (AvgIpc) is 2.63. The third-order valence-electron chi connectivity index (χ3n) is 1.88. The van der Waals surface area contributed by atoms with Crippen LogP contribution in [0.25, 0.3) is 11.0 Å². The normalized spacial score (nSPS) is 10.4. The maximum atomic E-state index is 10.6. The van der Waals surface area contributed by atoms with E-state index in [1.165, 1.54) is 7.11 Å². The van der Waals surface area contributed by atoms with Crippen LogP contribution < -0.4 is 5.06 Å². The predicted molar refractivity (Wildman–Crippen MR) is 51.6 cm³/mol. The molecule has 2 rings (SSSR count). The largest absolute Gasteiger partial charge is 0.322 e. The minimum absolute atomic E-state index is 0.378. The SMILES string of the molecule is CON(C=O)c1nc2ccccc2[nH]1. The van der Waals surface area contributed by atoms with E-state index in [4.69, 9.17) is 4.84 Å². The van der Waals surface area contributed by atoms with E-state index in [0.29, 0.717) is 12.4 Å². The van der Waals surface area contributed by atoms with E-state index in [9.17, 15) is 4.79 Å². The molecule has 0 bridgehead atoms. The van der Waals surface area contributed by atoms with Crippen molar-refractivity contribution in [3.05, 3.63) is 24.3 Å². The van der Waals surface area contributed by atoms with Crippen LogP contribution >= 0.6 is 0 Å². The summed E-state index contributed by atoms with van der Waals surface area (Å²) in [7, 11) is 1.40.